The van der Waals surface area contributed by atoms with Crippen LogP contribution in [0.2, 0.25) is 0 Å². The van der Waals surface area contributed by atoms with E-state index in [1.165, 1.54) is 30.6 Å². The van der Waals surface area contributed by atoms with E-state index in [0.29, 0.717) is 6.42 Å². The highest BCUT2D eigenvalue weighted by atomic mass is 33.1. The number of rotatable bonds is 8. The molecule has 110 valence electrons. The summed E-state index contributed by atoms with van der Waals surface area (Å²) in [5, 5.41) is 3.85. The molecule has 0 aliphatic carbocycles. The van der Waals surface area contributed by atoms with Crippen LogP contribution in [0.25, 0.3) is 0 Å². The number of hydrogen-bond donors (Lipinski definition) is 1. The second-order valence-corrected chi connectivity index (χ2v) is 7.95. The number of carbonyl (C=O) groups is 1. The van der Waals surface area contributed by atoms with Crippen LogP contribution in [0.1, 0.15) is 37.7 Å². The summed E-state index contributed by atoms with van der Waals surface area (Å²) in [6.07, 6.45) is 6.43. The second kappa shape index (κ2) is 9.35. The maximum absolute atomic E-state index is 11.7. The van der Waals surface area contributed by atoms with Crippen molar-refractivity contribution >= 4 is 27.5 Å². The maximum atomic E-state index is 11.7. The maximum Gasteiger partial charge on any atom is 0.220 e. The third-order valence-corrected chi connectivity index (χ3v) is 6.49. The Morgan fingerprint density at radius 2 is 2.10 bits per heavy atom. The number of hydrogen-bond acceptors (Lipinski definition) is 3. The number of unbranched alkanes of at least 4 members (excludes halogenated alkanes) is 1. The van der Waals surface area contributed by atoms with Gasteiger partial charge in [-0.25, -0.2) is 0 Å². The van der Waals surface area contributed by atoms with Crippen LogP contribution in [-0.2, 0) is 11.2 Å². The highest BCUT2D eigenvalue weighted by Crippen LogP contribution is 2.39. The Balaban J connectivity index is 1.48. The summed E-state index contributed by atoms with van der Waals surface area (Å²) in [5.41, 5.74) is 1.28. The fourth-order valence-corrected chi connectivity index (χ4v) is 5.33. The lowest BCUT2D eigenvalue weighted by Crippen LogP contribution is -2.25. The lowest BCUT2D eigenvalue weighted by atomic mass is 10.1. The van der Waals surface area contributed by atoms with Gasteiger partial charge in [-0.2, -0.15) is 0 Å². The van der Waals surface area contributed by atoms with E-state index < -0.39 is 0 Å². The molecule has 2 nitrogen and oxygen atoms in total. The summed E-state index contributed by atoms with van der Waals surface area (Å²) in [4.78, 5) is 11.7. The van der Waals surface area contributed by atoms with Gasteiger partial charge in [0.1, 0.15) is 0 Å². The molecule has 20 heavy (non-hydrogen) atoms. The van der Waals surface area contributed by atoms with Gasteiger partial charge in [-0.05, 0) is 31.2 Å². The van der Waals surface area contributed by atoms with Crippen LogP contribution in [0, 0.1) is 0 Å². The predicted molar refractivity (Wildman–Crippen MR) is 90.1 cm³/mol. The molecule has 1 amide bonds. The first-order chi connectivity index (χ1) is 9.84. The van der Waals surface area contributed by atoms with E-state index in [1.54, 1.807) is 0 Å². The standard InChI is InChI=1S/C16H23NOS2/c18-16(9-5-4-8-15-11-13-19-20-15)17-12-10-14-6-2-1-3-7-14/h1-3,6-7,15H,4-5,8-13H2,(H,17,18)/t15-/m1/s1. The zero-order valence-corrected chi connectivity index (χ0v) is 13.5. The Bertz CT molecular complexity index is 391. The largest absolute Gasteiger partial charge is 0.356 e. The Morgan fingerprint density at radius 3 is 2.85 bits per heavy atom. The van der Waals surface area contributed by atoms with Crippen molar-refractivity contribution in [2.24, 2.45) is 0 Å². The van der Waals surface area contributed by atoms with Crippen LogP contribution in [0.5, 0.6) is 0 Å². The van der Waals surface area contributed by atoms with Gasteiger partial charge >= 0.3 is 0 Å². The van der Waals surface area contributed by atoms with Crippen molar-refractivity contribution in [3.8, 4) is 0 Å². The molecule has 4 heteroatoms. The molecule has 0 radical (unpaired) electrons. The van der Waals surface area contributed by atoms with Crippen molar-refractivity contribution in [2.45, 2.75) is 43.8 Å². The van der Waals surface area contributed by atoms with Gasteiger partial charge in [0, 0.05) is 24.0 Å². The van der Waals surface area contributed by atoms with Crippen molar-refractivity contribution in [2.75, 3.05) is 12.3 Å². The molecule has 1 N–H and O–H groups in total. The lowest BCUT2D eigenvalue weighted by Gasteiger charge is -2.07. The van der Waals surface area contributed by atoms with Crippen LogP contribution < -0.4 is 5.32 Å². The van der Waals surface area contributed by atoms with Gasteiger partial charge in [0.25, 0.3) is 0 Å². The van der Waals surface area contributed by atoms with Gasteiger partial charge < -0.3 is 5.32 Å². The first kappa shape index (κ1) is 15.8. The van der Waals surface area contributed by atoms with Gasteiger partial charge in [-0.1, -0.05) is 58.3 Å². The molecule has 0 bridgehead atoms. The number of amides is 1. The third kappa shape index (κ3) is 6.23. The summed E-state index contributed by atoms with van der Waals surface area (Å²) >= 11 is 0. The number of nitrogens with one attached hydrogen (secondary N) is 1. The monoisotopic (exact) mass is 309 g/mol. The molecular weight excluding hydrogens is 286 g/mol. The van der Waals surface area contributed by atoms with Crippen LogP contribution >= 0.6 is 21.6 Å². The SMILES string of the molecule is O=C(CCCC[C@@H]1CCSS1)NCCc1ccccc1. The molecule has 0 unspecified atom stereocenters. The van der Waals surface area contributed by atoms with Gasteiger partial charge in [0.15, 0.2) is 0 Å². The molecule has 0 aromatic heterocycles. The first-order valence-corrected chi connectivity index (χ1v) is 9.82. The van der Waals surface area contributed by atoms with Gasteiger partial charge in [0.05, 0.1) is 0 Å². The fourth-order valence-electron chi connectivity index (χ4n) is 2.30. The van der Waals surface area contributed by atoms with E-state index in [-0.39, 0.29) is 5.91 Å². The van der Waals surface area contributed by atoms with Crippen molar-refractivity contribution in [1.82, 2.24) is 5.32 Å². The van der Waals surface area contributed by atoms with Crippen molar-refractivity contribution < 1.29 is 4.79 Å². The van der Waals surface area contributed by atoms with Crippen molar-refractivity contribution in [3.05, 3.63) is 35.9 Å². The molecule has 1 aliphatic heterocycles. The molecule has 2 rings (SSSR count). The van der Waals surface area contributed by atoms with E-state index in [9.17, 15) is 4.79 Å². The van der Waals surface area contributed by atoms with E-state index in [2.05, 4.69) is 17.4 Å². The molecular formula is C16H23NOS2. The Hall–Kier alpha value is -0.610. The minimum Gasteiger partial charge on any atom is -0.356 e. The molecule has 1 aromatic carbocycles. The summed E-state index contributed by atoms with van der Waals surface area (Å²) in [7, 11) is 4.02. The van der Waals surface area contributed by atoms with E-state index in [1.807, 2.05) is 39.8 Å². The third-order valence-electron chi connectivity index (χ3n) is 3.49. The molecule has 1 heterocycles. The van der Waals surface area contributed by atoms with E-state index in [0.717, 1.165) is 24.6 Å². The smallest absolute Gasteiger partial charge is 0.220 e. The average Bonchev–Trinajstić information content (AvgIpc) is 2.98. The van der Waals surface area contributed by atoms with Crippen molar-refractivity contribution in [3.63, 3.8) is 0 Å². The molecule has 1 aliphatic rings. The van der Waals surface area contributed by atoms with Crippen LogP contribution in [0.15, 0.2) is 30.3 Å². The van der Waals surface area contributed by atoms with E-state index in [4.69, 9.17) is 0 Å². The fraction of sp³-hybridized carbons (Fsp3) is 0.562. The highest BCUT2D eigenvalue weighted by Gasteiger charge is 2.15. The highest BCUT2D eigenvalue weighted by molar-refractivity contribution is 8.77. The Kier molecular flexibility index (Phi) is 7.37. The minimum atomic E-state index is 0.203. The topological polar surface area (TPSA) is 29.1 Å². The summed E-state index contributed by atoms with van der Waals surface area (Å²) in [6.45, 7) is 0.748. The molecule has 1 aromatic rings. The lowest BCUT2D eigenvalue weighted by molar-refractivity contribution is -0.121. The molecule has 0 spiro atoms. The Labute approximate surface area is 129 Å². The van der Waals surface area contributed by atoms with Gasteiger partial charge in [-0.15, -0.1) is 0 Å². The zero-order valence-electron chi connectivity index (χ0n) is 11.8. The summed E-state index contributed by atoms with van der Waals surface area (Å²) < 4.78 is 0. The van der Waals surface area contributed by atoms with Crippen LogP contribution in [0.3, 0.4) is 0 Å². The van der Waals surface area contributed by atoms with Gasteiger partial charge in [-0.3, -0.25) is 4.79 Å². The first-order valence-electron chi connectivity index (χ1n) is 7.43. The Morgan fingerprint density at radius 1 is 1.25 bits per heavy atom. The van der Waals surface area contributed by atoms with E-state index >= 15 is 0 Å². The summed E-state index contributed by atoms with van der Waals surface area (Å²) in [5.74, 6) is 1.50. The molecule has 1 fully saturated rings. The van der Waals surface area contributed by atoms with Crippen molar-refractivity contribution in [1.29, 1.82) is 0 Å². The second-order valence-electron chi connectivity index (χ2n) is 5.16. The predicted octanol–water partition coefficient (Wildman–Crippen LogP) is 4.06. The van der Waals surface area contributed by atoms with Gasteiger partial charge in [0.2, 0.25) is 5.91 Å². The zero-order chi connectivity index (χ0) is 14.0. The van der Waals surface area contributed by atoms with Crippen LogP contribution in [0.4, 0.5) is 0 Å². The molecule has 1 saturated heterocycles. The summed E-state index contributed by atoms with van der Waals surface area (Å²) in [6, 6.07) is 10.3. The minimum absolute atomic E-state index is 0.203. The average molecular weight is 310 g/mol. The number of carbonyl (C=O) groups excluding carboxylic acids is 1. The molecule has 1 atom stereocenters. The number of benzene rings is 1. The molecule has 0 saturated carbocycles. The van der Waals surface area contributed by atoms with Crippen LogP contribution in [-0.4, -0.2) is 23.5 Å². The normalized spacial score (nSPS) is 18.1. The quantitative estimate of drug-likeness (QED) is 0.580.